The maximum absolute atomic E-state index is 13.8. The lowest BCUT2D eigenvalue weighted by Gasteiger charge is -2.41. The van der Waals surface area contributed by atoms with E-state index in [4.69, 9.17) is 4.74 Å². The summed E-state index contributed by atoms with van der Waals surface area (Å²) in [6, 6.07) is 9.16. The van der Waals surface area contributed by atoms with E-state index >= 15 is 0 Å². The first-order valence-corrected chi connectivity index (χ1v) is 13.3. The highest BCUT2D eigenvalue weighted by Gasteiger charge is 2.58. The van der Waals surface area contributed by atoms with Gasteiger partial charge in [-0.3, -0.25) is 14.9 Å². The summed E-state index contributed by atoms with van der Waals surface area (Å²) >= 11 is 0. The van der Waals surface area contributed by atoms with Crippen LogP contribution in [0.25, 0.3) is 0 Å². The van der Waals surface area contributed by atoms with E-state index in [0.717, 1.165) is 12.8 Å². The number of ether oxygens (including phenoxy) is 1. The van der Waals surface area contributed by atoms with Crippen LogP contribution in [0.1, 0.15) is 18.4 Å². The molecule has 0 spiro atoms. The summed E-state index contributed by atoms with van der Waals surface area (Å²) < 4.78 is 37.2. The number of aliphatic hydroxyl groups excluding tert-OH is 1. The Morgan fingerprint density at radius 3 is 2.67 bits per heavy atom. The smallest absolute Gasteiger partial charge is 0.270 e. The molecular weight excluding hydrogens is 491 g/mol. The number of rotatable bonds is 4. The highest BCUT2D eigenvalue weighted by atomic mass is 32.2. The van der Waals surface area contributed by atoms with Crippen LogP contribution in [0.3, 0.4) is 0 Å². The van der Waals surface area contributed by atoms with Crippen molar-refractivity contribution < 1.29 is 28.2 Å². The lowest BCUT2D eigenvalue weighted by Crippen LogP contribution is -2.55. The van der Waals surface area contributed by atoms with Gasteiger partial charge in [-0.25, -0.2) is 13.6 Å². The van der Waals surface area contributed by atoms with Gasteiger partial charge in [0.1, 0.15) is 17.1 Å². The second-order valence-electron chi connectivity index (χ2n) is 9.36. The van der Waals surface area contributed by atoms with Crippen LogP contribution in [0.4, 0.5) is 15.8 Å². The van der Waals surface area contributed by atoms with Gasteiger partial charge in [0.2, 0.25) is 0 Å². The number of carbonyl (C=O) groups is 1. The van der Waals surface area contributed by atoms with Gasteiger partial charge >= 0.3 is 0 Å². The Hall–Kier alpha value is -3.64. The van der Waals surface area contributed by atoms with Gasteiger partial charge in [0, 0.05) is 24.9 Å². The number of benzene rings is 2. The van der Waals surface area contributed by atoms with E-state index in [1.54, 1.807) is 17.0 Å². The fourth-order valence-corrected chi connectivity index (χ4v) is 6.98. The van der Waals surface area contributed by atoms with Crippen molar-refractivity contribution >= 4 is 32.8 Å². The van der Waals surface area contributed by atoms with E-state index in [9.17, 15) is 28.6 Å². The molecule has 2 aromatic rings. The lowest BCUT2D eigenvalue weighted by atomic mass is 9.78. The molecule has 2 bridgehead atoms. The molecule has 0 aromatic heterocycles. The number of hydrogen-bond donors (Lipinski definition) is 1. The highest BCUT2D eigenvalue weighted by Crippen LogP contribution is 2.49. The van der Waals surface area contributed by atoms with Crippen LogP contribution < -0.4 is 0 Å². The van der Waals surface area contributed by atoms with Crippen molar-refractivity contribution in [2.24, 2.45) is 15.3 Å². The van der Waals surface area contributed by atoms with Crippen LogP contribution >= 0.6 is 0 Å². The second kappa shape index (κ2) is 7.93. The number of amides is 1. The minimum atomic E-state index is -3.21. The molecule has 2 fully saturated rings. The van der Waals surface area contributed by atoms with Gasteiger partial charge in [0.25, 0.3) is 11.6 Å². The third-order valence-corrected chi connectivity index (χ3v) is 8.84. The maximum atomic E-state index is 13.8. The number of carbonyl (C=O) groups excluding carboxylic acids is 1. The fraction of sp³-hybridized carbons (Fsp3) is 0.333. The normalized spacial score (nSPS) is 30.6. The zero-order valence-electron chi connectivity index (χ0n) is 19.0. The number of nitrogens with zero attached hydrogens (tertiary/aromatic N) is 4. The van der Waals surface area contributed by atoms with Gasteiger partial charge in [0.15, 0.2) is 5.84 Å². The second-order valence-corrected chi connectivity index (χ2v) is 11.6. The molecular formula is C24H21FN4O6S. The van der Waals surface area contributed by atoms with Crippen LogP contribution in [-0.2, 0) is 25.8 Å². The maximum Gasteiger partial charge on any atom is 0.270 e. The Balaban J connectivity index is 1.47. The summed E-state index contributed by atoms with van der Waals surface area (Å²) in [6.07, 6.45) is 2.26. The Labute approximate surface area is 205 Å². The molecule has 0 radical (unpaired) electrons. The summed E-state index contributed by atoms with van der Waals surface area (Å²) in [4.78, 5) is 30.5. The van der Waals surface area contributed by atoms with Crippen molar-refractivity contribution in [3.8, 4) is 0 Å². The first kappa shape index (κ1) is 22.8. The Kier molecular flexibility index (Phi) is 5.02. The summed E-state index contributed by atoms with van der Waals surface area (Å²) in [5, 5.41) is 22.5. The topological polar surface area (TPSA) is 135 Å². The molecule has 12 heteroatoms. The molecule has 1 amide bonds. The van der Waals surface area contributed by atoms with Crippen molar-refractivity contribution in [2.75, 3.05) is 6.26 Å². The monoisotopic (exact) mass is 512 g/mol. The molecule has 5 unspecified atom stereocenters. The molecule has 10 nitrogen and oxygen atoms in total. The fourth-order valence-electron chi connectivity index (χ4n) is 5.58. The van der Waals surface area contributed by atoms with E-state index < -0.39 is 38.3 Å². The quantitative estimate of drug-likeness (QED) is 0.491. The predicted molar refractivity (Wildman–Crippen MR) is 127 cm³/mol. The van der Waals surface area contributed by atoms with Gasteiger partial charge in [-0.2, -0.15) is 4.36 Å². The van der Waals surface area contributed by atoms with Gasteiger partial charge in [-0.1, -0.05) is 12.1 Å². The largest absolute Gasteiger partial charge is 0.511 e. The minimum Gasteiger partial charge on any atom is -0.511 e. The van der Waals surface area contributed by atoms with Crippen LogP contribution in [0.2, 0.25) is 0 Å². The van der Waals surface area contributed by atoms with E-state index in [-0.39, 0.29) is 52.2 Å². The molecule has 6 rings (SSSR count). The zero-order chi connectivity index (χ0) is 25.4. The predicted octanol–water partition coefficient (Wildman–Crippen LogP) is 3.63. The van der Waals surface area contributed by atoms with Crippen molar-refractivity contribution in [2.45, 2.75) is 42.5 Å². The number of hydrogen-bond acceptors (Lipinski definition) is 8. The molecule has 2 saturated heterocycles. The van der Waals surface area contributed by atoms with Crippen molar-refractivity contribution in [1.29, 1.82) is 0 Å². The molecule has 0 aliphatic carbocycles. The lowest BCUT2D eigenvalue weighted by molar-refractivity contribution is -0.385. The Bertz CT molecular complexity index is 1510. The summed E-state index contributed by atoms with van der Waals surface area (Å²) in [5.74, 6) is -1.82. The SMILES string of the molecule is CS1(=O)=NC(C2=C(O)C3C4CCC(O4)C3N(Cc3ccc(F)cc3)C2=O)=Nc2ccc([N+](=O)[O-])cc21. The van der Waals surface area contributed by atoms with Crippen molar-refractivity contribution in [1.82, 2.24) is 4.90 Å². The molecule has 36 heavy (non-hydrogen) atoms. The molecule has 186 valence electrons. The number of fused-ring (bicyclic) bond motifs is 6. The first-order valence-electron chi connectivity index (χ1n) is 11.4. The number of aliphatic imine (C=N–C) groups is 1. The highest BCUT2D eigenvalue weighted by molar-refractivity contribution is 7.93. The zero-order valence-corrected chi connectivity index (χ0v) is 19.9. The third-order valence-electron chi connectivity index (χ3n) is 7.18. The number of halogens is 1. The van der Waals surface area contributed by atoms with Gasteiger partial charge in [-0.15, -0.1) is 0 Å². The molecule has 2 aromatic carbocycles. The standard InChI is InChI=1S/C24H21FN4O6S/c1-36(34)18-10-14(29(32)33)6-7-15(18)26-23(27-36)20-22(30)19-16-8-9-17(35-16)21(19)28(24(20)31)11-12-2-4-13(25)5-3-12/h2-7,10,16-17,19,21,30H,8-9,11H2,1H3. The summed E-state index contributed by atoms with van der Waals surface area (Å²) in [7, 11) is -3.21. The van der Waals surface area contributed by atoms with E-state index in [1.807, 2.05) is 0 Å². The van der Waals surface area contributed by atoms with Crippen LogP contribution in [0.15, 0.2) is 68.0 Å². The van der Waals surface area contributed by atoms with Crippen LogP contribution in [-0.4, -0.2) is 55.4 Å². The molecule has 5 atom stereocenters. The Morgan fingerprint density at radius 1 is 1.22 bits per heavy atom. The van der Waals surface area contributed by atoms with Crippen molar-refractivity contribution in [3.63, 3.8) is 0 Å². The average molecular weight is 513 g/mol. The first-order chi connectivity index (χ1) is 17.1. The summed E-state index contributed by atoms with van der Waals surface area (Å²) in [6.45, 7) is 0.154. The van der Waals surface area contributed by atoms with E-state index in [0.29, 0.717) is 5.56 Å². The molecule has 4 heterocycles. The number of amidine groups is 1. The average Bonchev–Trinajstić information content (AvgIpc) is 3.45. The third kappa shape index (κ3) is 3.43. The summed E-state index contributed by atoms with van der Waals surface area (Å²) in [5.41, 5.74) is 0.475. The number of non-ortho nitro benzene ring substituents is 1. The molecule has 4 aliphatic rings. The van der Waals surface area contributed by atoms with Crippen LogP contribution in [0, 0.1) is 21.8 Å². The van der Waals surface area contributed by atoms with E-state index in [2.05, 4.69) is 9.36 Å². The number of nitro benzene ring substituents is 1. The van der Waals surface area contributed by atoms with Crippen LogP contribution in [0.5, 0.6) is 0 Å². The Morgan fingerprint density at radius 2 is 1.94 bits per heavy atom. The molecule has 0 saturated carbocycles. The number of nitro groups is 1. The molecule has 1 N–H and O–H groups in total. The van der Waals surface area contributed by atoms with Gasteiger partial charge < -0.3 is 14.7 Å². The van der Waals surface area contributed by atoms with Crippen molar-refractivity contribution in [3.05, 3.63) is 75.3 Å². The van der Waals surface area contributed by atoms with E-state index in [1.165, 1.54) is 36.6 Å². The van der Waals surface area contributed by atoms with Gasteiger partial charge in [0.05, 0.1) is 49.4 Å². The van der Waals surface area contributed by atoms with Gasteiger partial charge in [-0.05, 0) is 36.6 Å². The molecule has 4 aliphatic heterocycles. The number of aliphatic hydroxyl groups is 1. The minimum absolute atomic E-state index is 0.0908.